The zero-order valence-corrected chi connectivity index (χ0v) is 11.3. The van der Waals surface area contributed by atoms with Crippen molar-refractivity contribution in [1.29, 1.82) is 0 Å². The molecule has 1 aromatic heterocycles. The lowest BCUT2D eigenvalue weighted by molar-refractivity contribution is -0.641. The molecular weight excluding hydrogens is 246 g/mol. The van der Waals surface area contributed by atoms with E-state index in [9.17, 15) is 5.21 Å². The average Bonchev–Trinajstić information content (AvgIpc) is 2.38. The molecule has 7 nitrogen and oxygen atoms in total. The number of anilines is 1. The van der Waals surface area contributed by atoms with Crippen LogP contribution in [0.2, 0.25) is 0 Å². The van der Waals surface area contributed by atoms with Gasteiger partial charge in [0.1, 0.15) is 11.3 Å². The first-order valence-corrected chi connectivity index (χ1v) is 5.94. The largest absolute Gasteiger partial charge is 0.594 e. The van der Waals surface area contributed by atoms with Gasteiger partial charge in [-0.3, -0.25) is 0 Å². The Morgan fingerprint density at radius 2 is 2.21 bits per heavy atom. The predicted molar refractivity (Wildman–Crippen MR) is 72.1 cm³/mol. The minimum atomic E-state index is 0.328. The van der Waals surface area contributed by atoms with E-state index in [2.05, 4.69) is 15.4 Å². The maximum atomic E-state index is 11.8. The summed E-state index contributed by atoms with van der Waals surface area (Å²) in [6.07, 6.45) is 0. The summed E-state index contributed by atoms with van der Waals surface area (Å²) in [4.78, 5) is 6.88. The van der Waals surface area contributed by atoms with Crippen molar-refractivity contribution in [3.63, 3.8) is 0 Å². The smallest absolute Gasteiger partial charge is 0.290 e. The van der Waals surface area contributed by atoms with Crippen LogP contribution in [0, 0.1) is 5.21 Å². The van der Waals surface area contributed by atoms with Crippen LogP contribution >= 0.6 is 0 Å². The molecule has 1 N–H and O–H groups in total. The van der Waals surface area contributed by atoms with Crippen LogP contribution in [0.1, 0.15) is 0 Å². The Bertz CT molecular complexity index is 573. The SMILES string of the molecule is COc1ccc2nc(NCCN(C)C)n[n+]([O-])c2c1. The third kappa shape index (κ3) is 3.19. The molecule has 7 heteroatoms. The van der Waals surface area contributed by atoms with Gasteiger partial charge in [-0.25, -0.2) is 4.98 Å². The summed E-state index contributed by atoms with van der Waals surface area (Å²) >= 11 is 0. The lowest BCUT2D eigenvalue weighted by Gasteiger charge is -2.10. The molecule has 0 aliphatic heterocycles. The molecule has 2 rings (SSSR count). The van der Waals surface area contributed by atoms with Gasteiger partial charge in [0.2, 0.25) is 0 Å². The van der Waals surface area contributed by atoms with Gasteiger partial charge >= 0.3 is 0 Å². The van der Waals surface area contributed by atoms with Crippen LogP contribution in [-0.2, 0) is 0 Å². The molecule has 2 aromatic rings. The van der Waals surface area contributed by atoms with E-state index in [1.54, 1.807) is 25.3 Å². The van der Waals surface area contributed by atoms with E-state index in [1.807, 2.05) is 19.0 Å². The summed E-state index contributed by atoms with van der Waals surface area (Å²) in [5, 5.41) is 18.7. The van der Waals surface area contributed by atoms with Gasteiger partial charge in [-0.2, -0.15) is 0 Å². The maximum Gasteiger partial charge on any atom is 0.290 e. The molecule has 102 valence electrons. The summed E-state index contributed by atoms with van der Waals surface area (Å²) in [6.45, 7) is 1.51. The molecule has 0 atom stereocenters. The Hall–Kier alpha value is -2.15. The number of hydrogen-bond donors (Lipinski definition) is 1. The second-order valence-corrected chi connectivity index (χ2v) is 4.39. The van der Waals surface area contributed by atoms with Crippen molar-refractivity contribution in [3.05, 3.63) is 23.4 Å². The van der Waals surface area contributed by atoms with Crippen LogP contribution in [0.25, 0.3) is 11.0 Å². The van der Waals surface area contributed by atoms with E-state index in [0.29, 0.717) is 34.1 Å². The lowest BCUT2D eigenvalue weighted by Crippen LogP contribution is -2.34. The molecule has 0 bridgehead atoms. The molecule has 0 amide bonds. The topological polar surface area (TPSA) is 77.2 Å². The van der Waals surface area contributed by atoms with Gasteiger partial charge in [-0.1, -0.05) is 0 Å². The molecule has 19 heavy (non-hydrogen) atoms. The van der Waals surface area contributed by atoms with Crippen molar-refractivity contribution in [3.8, 4) is 5.75 Å². The Morgan fingerprint density at radius 3 is 2.89 bits per heavy atom. The van der Waals surface area contributed by atoms with E-state index in [4.69, 9.17) is 4.74 Å². The Balaban J connectivity index is 2.24. The highest BCUT2D eigenvalue weighted by atomic mass is 16.5. The third-order valence-electron chi connectivity index (χ3n) is 2.64. The number of fused-ring (bicyclic) bond motifs is 1. The molecule has 0 spiro atoms. The number of nitrogens with zero attached hydrogens (tertiary/aromatic N) is 4. The van der Waals surface area contributed by atoms with Crippen molar-refractivity contribution < 1.29 is 9.58 Å². The van der Waals surface area contributed by atoms with Crippen molar-refractivity contribution in [2.24, 2.45) is 0 Å². The van der Waals surface area contributed by atoms with Crippen LogP contribution in [-0.4, -0.2) is 49.3 Å². The number of nitrogens with one attached hydrogen (secondary N) is 1. The Kier molecular flexibility index (Phi) is 3.96. The lowest BCUT2D eigenvalue weighted by atomic mass is 10.3. The first-order valence-electron chi connectivity index (χ1n) is 5.94. The van der Waals surface area contributed by atoms with E-state index < -0.39 is 0 Å². The summed E-state index contributed by atoms with van der Waals surface area (Å²) in [7, 11) is 5.50. The Labute approximate surface area is 111 Å². The predicted octanol–water partition coefficient (Wildman–Crippen LogP) is 0.245. The minimum absolute atomic E-state index is 0.328. The van der Waals surface area contributed by atoms with Crippen molar-refractivity contribution in [2.45, 2.75) is 0 Å². The highest BCUT2D eigenvalue weighted by molar-refractivity contribution is 5.73. The van der Waals surface area contributed by atoms with Crippen LogP contribution in [0.4, 0.5) is 5.95 Å². The number of benzene rings is 1. The summed E-state index contributed by atoms with van der Waals surface area (Å²) < 4.78 is 5.07. The quantitative estimate of drug-likeness (QED) is 0.615. The zero-order chi connectivity index (χ0) is 13.8. The summed E-state index contributed by atoms with van der Waals surface area (Å²) in [5.74, 6) is 0.934. The molecule has 0 saturated carbocycles. The second-order valence-electron chi connectivity index (χ2n) is 4.39. The number of ether oxygens (including phenoxy) is 1. The van der Waals surface area contributed by atoms with Gasteiger partial charge in [-0.05, 0) is 31.1 Å². The van der Waals surface area contributed by atoms with Gasteiger partial charge in [-0.15, -0.1) is 0 Å². The van der Waals surface area contributed by atoms with Crippen molar-refractivity contribution in [2.75, 3.05) is 39.6 Å². The van der Waals surface area contributed by atoms with Gasteiger partial charge in [0.05, 0.1) is 18.3 Å². The summed E-state index contributed by atoms with van der Waals surface area (Å²) in [6, 6.07) is 5.12. The fraction of sp³-hybridized carbons (Fsp3) is 0.417. The van der Waals surface area contributed by atoms with E-state index >= 15 is 0 Å². The third-order valence-corrected chi connectivity index (χ3v) is 2.64. The minimum Gasteiger partial charge on any atom is -0.594 e. The first-order chi connectivity index (χ1) is 9.10. The fourth-order valence-corrected chi connectivity index (χ4v) is 1.62. The highest BCUT2D eigenvalue weighted by Crippen LogP contribution is 2.16. The molecule has 1 heterocycles. The normalized spacial score (nSPS) is 10.9. The van der Waals surface area contributed by atoms with Gasteiger partial charge in [0, 0.05) is 13.1 Å². The van der Waals surface area contributed by atoms with Gasteiger partial charge in [0.25, 0.3) is 11.5 Å². The number of likely N-dealkylation sites (N-methyl/N-ethyl adjacent to an activating group) is 1. The van der Waals surface area contributed by atoms with Crippen LogP contribution in [0.3, 0.4) is 0 Å². The average molecular weight is 263 g/mol. The molecular formula is C12H17N5O2. The first kappa shape index (κ1) is 13.3. The second kappa shape index (κ2) is 5.66. The standard InChI is InChI=1S/C12H17N5O2/c1-16(2)7-6-13-12-14-10-5-4-9(19-3)8-11(10)17(18)15-12/h4-5,8H,6-7H2,1-3H3,(H,13,14,15). The van der Waals surface area contributed by atoms with Gasteiger partial charge in [0.15, 0.2) is 0 Å². The zero-order valence-electron chi connectivity index (χ0n) is 11.3. The van der Waals surface area contributed by atoms with Gasteiger partial charge < -0.3 is 20.2 Å². The van der Waals surface area contributed by atoms with E-state index in [1.165, 1.54) is 0 Å². The monoisotopic (exact) mass is 263 g/mol. The number of aromatic nitrogens is 3. The van der Waals surface area contributed by atoms with Crippen molar-refractivity contribution >= 4 is 17.0 Å². The number of methoxy groups -OCH3 is 1. The maximum absolute atomic E-state index is 11.8. The molecule has 0 aliphatic rings. The molecule has 0 aliphatic carbocycles. The van der Waals surface area contributed by atoms with Crippen LogP contribution in [0.5, 0.6) is 5.75 Å². The van der Waals surface area contributed by atoms with Crippen LogP contribution in [0.15, 0.2) is 18.2 Å². The van der Waals surface area contributed by atoms with Crippen molar-refractivity contribution in [1.82, 2.24) is 15.0 Å². The summed E-state index contributed by atoms with van der Waals surface area (Å²) in [5.41, 5.74) is 0.968. The fourth-order valence-electron chi connectivity index (χ4n) is 1.62. The molecule has 0 fully saturated rings. The van der Waals surface area contributed by atoms with E-state index in [-0.39, 0.29) is 0 Å². The molecule has 0 radical (unpaired) electrons. The van der Waals surface area contributed by atoms with E-state index in [0.717, 1.165) is 6.54 Å². The number of rotatable bonds is 5. The highest BCUT2D eigenvalue weighted by Gasteiger charge is 2.11. The molecule has 1 aromatic carbocycles. The number of hydrogen-bond acceptors (Lipinski definition) is 6. The molecule has 0 unspecified atom stereocenters. The van der Waals surface area contributed by atoms with Crippen LogP contribution < -0.4 is 14.9 Å². The molecule has 0 saturated heterocycles. The Morgan fingerprint density at radius 1 is 1.42 bits per heavy atom.